The second kappa shape index (κ2) is 12.6. The Bertz CT molecular complexity index is 570. The third-order valence-corrected chi connectivity index (χ3v) is 5.13. The number of nitrogens with zero attached hydrogens (tertiary/aromatic N) is 3. The fraction of sp³-hybridized carbons (Fsp3) is 0.900. The van der Waals surface area contributed by atoms with Crippen LogP contribution in [0.2, 0.25) is 0 Å². The number of aromatic nitrogens is 3. The Kier molecular flexibility index (Phi) is 10.5. The maximum atomic E-state index is 10.1. The van der Waals surface area contributed by atoms with Gasteiger partial charge in [0.15, 0.2) is 0 Å². The van der Waals surface area contributed by atoms with Crippen molar-refractivity contribution < 1.29 is 29.2 Å². The summed E-state index contributed by atoms with van der Waals surface area (Å²) in [5.74, 6) is 0.459. The van der Waals surface area contributed by atoms with Crippen molar-refractivity contribution in [2.24, 2.45) is 11.8 Å². The lowest BCUT2D eigenvalue weighted by Gasteiger charge is -2.40. The topological polar surface area (TPSA) is 108 Å². The van der Waals surface area contributed by atoms with Crippen molar-refractivity contribution >= 4 is 0 Å². The second-order valence-electron chi connectivity index (χ2n) is 8.11. The molecule has 1 aliphatic heterocycles. The minimum Gasteiger partial charge on any atom is -0.390 e. The molecule has 2 rings (SSSR count). The quantitative estimate of drug-likeness (QED) is 0.460. The molecular weight excluding hydrogens is 378 g/mol. The van der Waals surface area contributed by atoms with E-state index in [1.165, 1.54) is 0 Å². The van der Waals surface area contributed by atoms with E-state index in [2.05, 4.69) is 24.2 Å². The highest BCUT2D eigenvalue weighted by atomic mass is 16.5. The summed E-state index contributed by atoms with van der Waals surface area (Å²) in [5, 5.41) is 28.2. The lowest BCUT2D eigenvalue weighted by molar-refractivity contribution is -0.193. The number of aliphatic hydroxyl groups excluding tert-OH is 2. The summed E-state index contributed by atoms with van der Waals surface area (Å²) in [6.07, 6.45) is 0.539. The molecule has 0 amide bonds. The number of aliphatic hydroxyl groups is 2. The fourth-order valence-corrected chi connectivity index (χ4v) is 3.11. The van der Waals surface area contributed by atoms with Gasteiger partial charge in [0.1, 0.15) is 11.8 Å². The zero-order valence-electron chi connectivity index (χ0n) is 18.1. The molecule has 0 spiro atoms. The first-order chi connectivity index (χ1) is 13.9. The van der Waals surface area contributed by atoms with E-state index in [9.17, 15) is 10.2 Å². The normalized spacial score (nSPS) is 27.6. The maximum absolute atomic E-state index is 10.1. The molecular formula is C20H37N3O6. The summed E-state index contributed by atoms with van der Waals surface area (Å²) < 4.78 is 24.0. The molecule has 1 aromatic heterocycles. The van der Waals surface area contributed by atoms with Crippen LogP contribution < -0.4 is 0 Å². The van der Waals surface area contributed by atoms with E-state index in [0.29, 0.717) is 45.5 Å². The van der Waals surface area contributed by atoms with Crippen LogP contribution in [0.5, 0.6) is 0 Å². The van der Waals surface area contributed by atoms with Crippen molar-refractivity contribution in [3.63, 3.8) is 0 Å². The van der Waals surface area contributed by atoms with Crippen molar-refractivity contribution in [3.05, 3.63) is 11.9 Å². The molecule has 0 aliphatic carbocycles. The Morgan fingerprint density at radius 2 is 1.69 bits per heavy atom. The van der Waals surface area contributed by atoms with Gasteiger partial charge in [-0.15, -0.1) is 5.10 Å². The Morgan fingerprint density at radius 1 is 1.03 bits per heavy atom. The predicted molar refractivity (Wildman–Crippen MR) is 106 cm³/mol. The lowest BCUT2D eigenvalue weighted by atomic mass is 9.88. The third-order valence-electron chi connectivity index (χ3n) is 5.13. The van der Waals surface area contributed by atoms with E-state index in [0.717, 1.165) is 18.7 Å². The molecule has 29 heavy (non-hydrogen) atoms. The van der Waals surface area contributed by atoms with Crippen molar-refractivity contribution in [3.8, 4) is 0 Å². The molecule has 5 atom stereocenters. The molecule has 1 aliphatic rings. The number of hydrogen-bond donors (Lipinski definition) is 2. The molecule has 1 saturated heterocycles. The highest BCUT2D eigenvalue weighted by Gasteiger charge is 2.40. The molecule has 0 radical (unpaired) electrons. The summed E-state index contributed by atoms with van der Waals surface area (Å²) in [5.41, 5.74) is 0.721. The van der Waals surface area contributed by atoms with E-state index < -0.39 is 18.3 Å². The first-order valence-corrected chi connectivity index (χ1v) is 10.5. The van der Waals surface area contributed by atoms with Gasteiger partial charge in [0, 0.05) is 12.5 Å². The van der Waals surface area contributed by atoms with Crippen LogP contribution >= 0.6 is 0 Å². The van der Waals surface area contributed by atoms with E-state index in [-0.39, 0.29) is 12.0 Å². The summed E-state index contributed by atoms with van der Waals surface area (Å²) in [6.45, 7) is 11.7. The van der Waals surface area contributed by atoms with Gasteiger partial charge in [-0.1, -0.05) is 26.0 Å². The standard InChI is InChI=1S/C20H37N3O6/c1-14(2)5-6-26-7-8-27-9-10-28-13-17-11-23(22-21-17)12-18-15(3)19(24)20(25)16(4)29-18/h11,14-16,18-20,24-25H,5-10,12-13H2,1-4H3/t15-,16-,18-,19+,20+/m1/s1. The second-order valence-corrected chi connectivity index (χ2v) is 8.11. The van der Waals surface area contributed by atoms with Crippen molar-refractivity contribution in [2.45, 2.75) is 71.7 Å². The van der Waals surface area contributed by atoms with Gasteiger partial charge >= 0.3 is 0 Å². The number of rotatable bonds is 13. The summed E-state index contributed by atoms with van der Waals surface area (Å²) in [4.78, 5) is 0. The molecule has 2 heterocycles. The van der Waals surface area contributed by atoms with Gasteiger partial charge in [-0.3, -0.25) is 0 Å². The summed E-state index contributed by atoms with van der Waals surface area (Å²) in [7, 11) is 0. The highest BCUT2D eigenvalue weighted by Crippen LogP contribution is 2.26. The van der Waals surface area contributed by atoms with Gasteiger partial charge in [-0.25, -0.2) is 4.68 Å². The van der Waals surface area contributed by atoms with Gasteiger partial charge in [0.25, 0.3) is 0 Å². The summed E-state index contributed by atoms with van der Waals surface area (Å²) in [6, 6.07) is 0. The monoisotopic (exact) mass is 415 g/mol. The predicted octanol–water partition coefficient (Wildman–Crippen LogP) is 1.02. The maximum Gasteiger partial charge on any atom is 0.108 e. The number of hydrogen-bond acceptors (Lipinski definition) is 8. The molecule has 0 saturated carbocycles. The van der Waals surface area contributed by atoms with Crippen LogP contribution in [-0.4, -0.2) is 82.7 Å². The number of ether oxygens (including phenoxy) is 4. The summed E-state index contributed by atoms with van der Waals surface area (Å²) >= 11 is 0. The molecule has 0 bridgehead atoms. The molecule has 9 nitrogen and oxygen atoms in total. The van der Waals surface area contributed by atoms with Crippen molar-refractivity contribution in [1.82, 2.24) is 15.0 Å². The van der Waals surface area contributed by atoms with E-state index >= 15 is 0 Å². The Morgan fingerprint density at radius 3 is 2.38 bits per heavy atom. The van der Waals surface area contributed by atoms with Crippen molar-refractivity contribution in [1.29, 1.82) is 0 Å². The van der Waals surface area contributed by atoms with Crippen LogP contribution in [0.15, 0.2) is 6.20 Å². The Hall–Kier alpha value is -1.10. The van der Waals surface area contributed by atoms with Crippen LogP contribution in [0.25, 0.3) is 0 Å². The molecule has 0 unspecified atom stereocenters. The van der Waals surface area contributed by atoms with Gasteiger partial charge in [0.2, 0.25) is 0 Å². The first kappa shape index (κ1) is 24.2. The van der Waals surface area contributed by atoms with Crippen LogP contribution in [0.3, 0.4) is 0 Å². The zero-order valence-corrected chi connectivity index (χ0v) is 18.1. The van der Waals surface area contributed by atoms with Crippen LogP contribution in [0.4, 0.5) is 0 Å². The fourth-order valence-electron chi connectivity index (χ4n) is 3.11. The molecule has 0 aromatic carbocycles. The van der Waals surface area contributed by atoms with Crippen LogP contribution in [-0.2, 0) is 32.1 Å². The zero-order chi connectivity index (χ0) is 21.2. The Balaban J connectivity index is 1.57. The average Bonchev–Trinajstić information content (AvgIpc) is 3.13. The molecule has 1 aromatic rings. The van der Waals surface area contributed by atoms with Crippen molar-refractivity contribution in [2.75, 3.05) is 33.0 Å². The molecule has 168 valence electrons. The Labute approximate surface area is 173 Å². The molecule has 1 fully saturated rings. The first-order valence-electron chi connectivity index (χ1n) is 10.5. The molecule has 9 heteroatoms. The third kappa shape index (κ3) is 8.27. The van der Waals surface area contributed by atoms with Crippen LogP contribution in [0.1, 0.15) is 39.8 Å². The highest BCUT2D eigenvalue weighted by molar-refractivity contribution is 4.92. The lowest BCUT2D eigenvalue weighted by Crippen LogP contribution is -2.53. The van der Waals surface area contributed by atoms with Gasteiger partial charge < -0.3 is 29.2 Å². The SMILES string of the molecule is CC(C)CCOCCOCCOCc1cn(C[C@H]2O[C@H](C)[C@H](O)[C@@H](O)[C@@H]2C)nn1. The minimum absolute atomic E-state index is 0.198. The van der Waals surface area contributed by atoms with Gasteiger partial charge in [-0.2, -0.15) is 0 Å². The van der Waals surface area contributed by atoms with Gasteiger partial charge in [0.05, 0.1) is 64.1 Å². The molecule has 2 N–H and O–H groups in total. The smallest absolute Gasteiger partial charge is 0.108 e. The van der Waals surface area contributed by atoms with Crippen LogP contribution in [0, 0.1) is 11.8 Å². The van der Waals surface area contributed by atoms with E-state index in [1.807, 2.05) is 13.1 Å². The average molecular weight is 416 g/mol. The minimum atomic E-state index is -0.866. The van der Waals surface area contributed by atoms with E-state index in [1.54, 1.807) is 11.6 Å². The largest absolute Gasteiger partial charge is 0.390 e. The van der Waals surface area contributed by atoms with Gasteiger partial charge in [-0.05, 0) is 19.3 Å². The van der Waals surface area contributed by atoms with E-state index in [4.69, 9.17) is 18.9 Å².